The number of anilines is 3. The number of amides is 2. The van der Waals surface area contributed by atoms with Gasteiger partial charge in [-0.3, -0.25) is 4.72 Å². The van der Waals surface area contributed by atoms with Crippen LogP contribution in [0.5, 0.6) is 0 Å². The summed E-state index contributed by atoms with van der Waals surface area (Å²) < 4.78 is 27.5. The number of halogens is 2. The van der Waals surface area contributed by atoms with Gasteiger partial charge in [-0.25, -0.2) is 13.2 Å². The molecule has 3 rings (SSSR count). The molecular weight excluding hydrogens is 429 g/mol. The molecule has 2 aromatic carbocycles. The molecule has 140 valence electrons. The molecule has 0 bridgehead atoms. The van der Waals surface area contributed by atoms with Gasteiger partial charge in [-0.05, 0) is 42.5 Å². The van der Waals surface area contributed by atoms with Crippen LogP contribution >= 0.6 is 34.5 Å². The first kappa shape index (κ1) is 19.5. The van der Waals surface area contributed by atoms with Crippen molar-refractivity contribution in [2.45, 2.75) is 4.90 Å². The Morgan fingerprint density at radius 2 is 1.41 bits per heavy atom. The predicted molar refractivity (Wildman–Crippen MR) is 111 cm³/mol. The summed E-state index contributed by atoms with van der Waals surface area (Å²) in [6.45, 7) is 0. The van der Waals surface area contributed by atoms with E-state index in [1.54, 1.807) is 24.3 Å². The molecule has 1 aromatic heterocycles. The van der Waals surface area contributed by atoms with E-state index in [1.807, 2.05) is 18.2 Å². The number of carbonyl (C=O) groups is 1. The van der Waals surface area contributed by atoms with Gasteiger partial charge in [-0.1, -0.05) is 41.4 Å². The Kier molecular flexibility index (Phi) is 5.91. The maximum absolute atomic E-state index is 12.4. The van der Waals surface area contributed by atoms with Crippen molar-refractivity contribution in [3.63, 3.8) is 0 Å². The highest BCUT2D eigenvalue weighted by atomic mass is 35.5. The fraction of sp³-hybridized carbons (Fsp3) is 0. The minimum Gasteiger partial charge on any atom is -0.308 e. The van der Waals surface area contributed by atoms with E-state index in [4.69, 9.17) is 23.2 Å². The van der Waals surface area contributed by atoms with Crippen LogP contribution in [0.25, 0.3) is 0 Å². The largest absolute Gasteiger partial charge is 0.323 e. The van der Waals surface area contributed by atoms with Gasteiger partial charge in [-0.2, -0.15) is 0 Å². The lowest BCUT2D eigenvalue weighted by Gasteiger charge is -2.10. The molecule has 0 atom stereocenters. The summed E-state index contributed by atoms with van der Waals surface area (Å²) in [6.07, 6.45) is 0. The average molecular weight is 442 g/mol. The van der Waals surface area contributed by atoms with E-state index in [2.05, 4.69) is 15.4 Å². The minimum atomic E-state index is -3.86. The Balaban J connectivity index is 1.65. The summed E-state index contributed by atoms with van der Waals surface area (Å²) in [4.78, 5) is 11.9. The van der Waals surface area contributed by atoms with Crippen LogP contribution in [0.15, 0.2) is 65.6 Å². The number of hydrogen-bond acceptors (Lipinski definition) is 4. The Labute approximate surface area is 170 Å². The highest BCUT2D eigenvalue weighted by Gasteiger charge is 2.21. The molecule has 1 heterocycles. The SMILES string of the molecule is O=C(Nc1ccccc1)Nc1ccc(NS(=O)(=O)c2cc(Cl)sc2Cl)cc1. The average Bonchev–Trinajstić information content (AvgIpc) is 2.96. The van der Waals surface area contributed by atoms with Gasteiger partial charge in [-0.15, -0.1) is 11.3 Å². The van der Waals surface area contributed by atoms with E-state index >= 15 is 0 Å². The van der Waals surface area contributed by atoms with Crippen LogP contribution in [0.3, 0.4) is 0 Å². The molecule has 3 aromatic rings. The second-order valence-corrected chi connectivity index (χ2v) is 9.25. The zero-order valence-electron chi connectivity index (χ0n) is 13.6. The first-order valence-electron chi connectivity index (χ1n) is 7.54. The van der Waals surface area contributed by atoms with Crippen molar-refractivity contribution in [3.05, 3.63) is 69.3 Å². The molecule has 0 saturated carbocycles. The van der Waals surface area contributed by atoms with Crippen LogP contribution in [0, 0.1) is 0 Å². The van der Waals surface area contributed by atoms with Crippen molar-refractivity contribution in [1.82, 2.24) is 0 Å². The molecule has 10 heteroatoms. The van der Waals surface area contributed by atoms with E-state index in [0.29, 0.717) is 17.1 Å². The lowest BCUT2D eigenvalue weighted by Crippen LogP contribution is -2.19. The third-order valence-electron chi connectivity index (χ3n) is 3.34. The standard InChI is InChI=1S/C17H13Cl2N3O3S2/c18-15-10-14(16(19)26-15)27(24,25)22-13-8-6-12(7-9-13)21-17(23)20-11-4-2-1-3-5-11/h1-10,22H,(H2,20,21,23). The number of benzene rings is 2. The number of sulfonamides is 1. The number of urea groups is 1. The second kappa shape index (κ2) is 8.18. The summed E-state index contributed by atoms with van der Waals surface area (Å²) in [5.41, 5.74) is 1.48. The monoisotopic (exact) mass is 441 g/mol. The number of para-hydroxylation sites is 1. The smallest absolute Gasteiger partial charge is 0.308 e. The summed E-state index contributed by atoms with van der Waals surface area (Å²) in [5, 5.41) is 5.35. The molecule has 0 aliphatic heterocycles. The molecular formula is C17H13Cl2N3O3S2. The highest BCUT2D eigenvalue weighted by molar-refractivity contribution is 7.93. The van der Waals surface area contributed by atoms with Gasteiger partial charge in [0.05, 0.1) is 4.34 Å². The zero-order valence-corrected chi connectivity index (χ0v) is 16.7. The number of nitrogens with one attached hydrogen (secondary N) is 3. The van der Waals surface area contributed by atoms with Crippen molar-refractivity contribution in [2.75, 3.05) is 15.4 Å². The van der Waals surface area contributed by atoms with Crippen molar-refractivity contribution in [2.24, 2.45) is 0 Å². The van der Waals surface area contributed by atoms with Crippen LogP contribution < -0.4 is 15.4 Å². The lowest BCUT2D eigenvalue weighted by molar-refractivity contribution is 0.262. The van der Waals surface area contributed by atoms with Gasteiger partial charge in [0.15, 0.2) is 0 Å². The Hall–Kier alpha value is -2.26. The van der Waals surface area contributed by atoms with E-state index < -0.39 is 16.1 Å². The lowest BCUT2D eigenvalue weighted by atomic mass is 10.3. The molecule has 2 amide bonds. The quantitative estimate of drug-likeness (QED) is 0.488. The maximum atomic E-state index is 12.4. The minimum absolute atomic E-state index is 0.0800. The first-order chi connectivity index (χ1) is 12.8. The van der Waals surface area contributed by atoms with Gasteiger partial charge >= 0.3 is 6.03 Å². The molecule has 0 spiro atoms. The maximum Gasteiger partial charge on any atom is 0.323 e. The van der Waals surface area contributed by atoms with E-state index in [0.717, 1.165) is 11.3 Å². The topological polar surface area (TPSA) is 87.3 Å². The summed E-state index contributed by atoms with van der Waals surface area (Å²) in [5.74, 6) is 0. The molecule has 0 unspecified atom stereocenters. The summed E-state index contributed by atoms with van der Waals surface area (Å²) in [6, 6.07) is 16.1. The van der Waals surface area contributed by atoms with Gasteiger partial charge in [0.2, 0.25) is 0 Å². The van der Waals surface area contributed by atoms with Crippen molar-refractivity contribution in [1.29, 1.82) is 0 Å². The van der Waals surface area contributed by atoms with E-state index in [-0.39, 0.29) is 13.6 Å². The van der Waals surface area contributed by atoms with Crippen LogP contribution in [-0.4, -0.2) is 14.4 Å². The molecule has 0 radical (unpaired) electrons. The van der Waals surface area contributed by atoms with Crippen molar-refractivity contribution < 1.29 is 13.2 Å². The molecule has 0 aliphatic rings. The number of hydrogen-bond donors (Lipinski definition) is 3. The summed E-state index contributed by atoms with van der Waals surface area (Å²) >= 11 is 12.7. The molecule has 6 nitrogen and oxygen atoms in total. The van der Waals surface area contributed by atoms with E-state index in [9.17, 15) is 13.2 Å². The number of rotatable bonds is 5. The normalized spacial score (nSPS) is 11.0. The van der Waals surface area contributed by atoms with Crippen LogP contribution in [0.4, 0.5) is 21.9 Å². The van der Waals surface area contributed by atoms with Gasteiger partial charge < -0.3 is 10.6 Å². The first-order valence-corrected chi connectivity index (χ1v) is 10.6. The Morgan fingerprint density at radius 3 is 1.96 bits per heavy atom. The third-order valence-corrected chi connectivity index (χ3v) is 6.48. The van der Waals surface area contributed by atoms with Gasteiger partial charge in [0.1, 0.15) is 9.23 Å². The van der Waals surface area contributed by atoms with E-state index in [1.165, 1.54) is 18.2 Å². The van der Waals surface area contributed by atoms with Crippen LogP contribution in [0.1, 0.15) is 0 Å². The highest BCUT2D eigenvalue weighted by Crippen LogP contribution is 2.35. The zero-order chi connectivity index (χ0) is 19.4. The van der Waals surface area contributed by atoms with Crippen LogP contribution in [-0.2, 0) is 10.0 Å². The second-order valence-electron chi connectivity index (χ2n) is 5.32. The van der Waals surface area contributed by atoms with Gasteiger partial charge in [0.25, 0.3) is 10.0 Å². The molecule has 27 heavy (non-hydrogen) atoms. The van der Waals surface area contributed by atoms with Crippen molar-refractivity contribution >= 4 is 67.7 Å². The third kappa shape index (κ3) is 5.14. The Morgan fingerprint density at radius 1 is 0.852 bits per heavy atom. The molecule has 0 fully saturated rings. The molecule has 3 N–H and O–H groups in total. The molecule has 0 saturated heterocycles. The summed E-state index contributed by atoms with van der Waals surface area (Å²) in [7, 11) is -3.86. The fourth-order valence-corrected chi connectivity index (χ4v) is 5.36. The predicted octanol–water partition coefficient (Wildman–Crippen LogP) is 5.50. The molecule has 0 aliphatic carbocycles. The van der Waals surface area contributed by atoms with Crippen molar-refractivity contribution in [3.8, 4) is 0 Å². The van der Waals surface area contributed by atoms with Gasteiger partial charge in [0, 0.05) is 17.1 Å². The number of carbonyl (C=O) groups excluding carboxylic acids is 1. The van der Waals surface area contributed by atoms with Crippen LogP contribution in [0.2, 0.25) is 8.67 Å². The Bertz CT molecular complexity index is 1050. The fourth-order valence-electron chi connectivity index (χ4n) is 2.16. The number of thiophene rings is 1.